The van der Waals surface area contributed by atoms with Gasteiger partial charge < -0.3 is 10.1 Å². The summed E-state index contributed by atoms with van der Waals surface area (Å²) in [4.78, 5) is 12.3. The minimum absolute atomic E-state index is 0.153. The number of aryl methyl sites for hydroxylation is 1. The van der Waals surface area contributed by atoms with E-state index in [9.17, 15) is 13.2 Å². The van der Waals surface area contributed by atoms with Gasteiger partial charge in [0.25, 0.3) is 5.91 Å². The van der Waals surface area contributed by atoms with E-state index in [-0.39, 0.29) is 11.7 Å². The molecular formula is C19H22N2O4S. The van der Waals surface area contributed by atoms with Crippen LogP contribution in [-0.2, 0) is 10.0 Å². The first-order valence-electron chi connectivity index (χ1n) is 8.54. The van der Waals surface area contributed by atoms with Crippen molar-refractivity contribution in [3.63, 3.8) is 0 Å². The summed E-state index contributed by atoms with van der Waals surface area (Å²) in [5.74, 6) is 0.654. The molecule has 0 saturated carbocycles. The zero-order valence-electron chi connectivity index (χ0n) is 14.6. The van der Waals surface area contributed by atoms with Crippen LogP contribution >= 0.6 is 0 Å². The molecule has 0 spiro atoms. The van der Waals surface area contributed by atoms with E-state index in [1.54, 1.807) is 24.3 Å². The summed E-state index contributed by atoms with van der Waals surface area (Å²) in [6.07, 6.45) is 0.606. The van der Waals surface area contributed by atoms with Gasteiger partial charge in [0, 0.05) is 12.1 Å². The molecular weight excluding hydrogens is 352 g/mol. The van der Waals surface area contributed by atoms with Crippen molar-refractivity contribution in [2.45, 2.75) is 13.3 Å². The molecule has 0 atom stereocenters. The van der Waals surface area contributed by atoms with Gasteiger partial charge in [0.2, 0.25) is 10.0 Å². The highest BCUT2D eigenvalue weighted by Crippen LogP contribution is 2.24. The van der Waals surface area contributed by atoms with Gasteiger partial charge in [-0.25, -0.2) is 8.42 Å². The van der Waals surface area contributed by atoms with E-state index >= 15 is 0 Å². The number of anilines is 1. The molecule has 0 bridgehead atoms. The van der Waals surface area contributed by atoms with Crippen LogP contribution in [0, 0.1) is 6.92 Å². The van der Waals surface area contributed by atoms with Crippen molar-refractivity contribution >= 4 is 21.6 Å². The van der Waals surface area contributed by atoms with Gasteiger partial charge in [0.1, 0.15) is 12.4 Å². The van der Waals surface area contributed by atoms with Crippen LogP contribution in [0.25, 0.3) is 0 Å². The largest absolute Gasteiger partial charge is 0.492 e. The normalized spacial score (nSPS) is 15.7. The van der Waals surface area contributed by atoms with E-state index in [0.29, 0.717) is 37.4 Å². The molecule has 1 heterocycles. The second kappa shape index (κ2) is 7.78. The number of carbonyl (C=O) groups is 1. The number of rotatable bonds is 6. The third-order valence-electron chi connectivity index (χ3n) is 4.17. The third kappa shape index (κ3) is 4.35. The van der Waals surface area contributed by atoms with E-state index in [1.165, 1.54) is 4.31 Å². The van der Waals surface area contributed by atoms with E-state index in [4.69, 9.17) is 4.74 Å². The summed E-state index contributed by atoms with van der Waals surface area (Å²) < 4.78 is 31.0. The van der Waals surface area contributed by atoms with Gasteiger partial charge in [-0.1, -0.05) is 23.8 Å². The maximum atomic E-state index is 12.3. The van der Waals surface area contributed by atoms with E-state index in [0.717, 1.165) is 11.3 Å². The Morgan fingerprint density at radius 3 is 2.65 bits per heavy atom. The second-order valence-electron chi connectivity index (χ2n) is 6.21. The van der Waals surface area contributed by atoms with Crippen molar-refractivity contribution in [1.29, 1.82) is 0 Å². The second-order valence-corrected chi connectivity index (χ2v) is 8.22. The average Bonchev–Trinajstić information content (AvgIpc) is 2.99. The van der Waals surface area contributed by atoms with Gasteiger partial charge >= 0.3 is 0 Å². The quantitative estimate of drug-likeness (QED) is 0.788. The molecule has 1 N–H and O–H groups in total. The zero-order valence-corrected chi connectivity index (χ0v) is 15.5. The average molecular weight is 374 g/mol. The number of sulfonamides is 1. The smallest absolute Gasteiger partial charge is 0.251 e. The topological polar surface area (TPSA) is 75.7 Å². The fraction of sp³-hybridized carbons (Fsp3) is 0.316. The Bertz CT molecular complexity index is 879. The Morgan fingerprint density at radius 2 is 1.96 bits per heavy atom. The minimum atomic E-state index is -3.26. The Labute approximate surface area is 153 Å². The lowest BCUT2D eigenvalue weighted by Gasteiger charge is -2.17. The number of nitrogens with one attached hydrogen (secondary N) is 1. The lowest BCUT2D eigenvalue weighted by molar-refractivity contribution is 0.0947. The van der Waals surface area contributed by atoms with Gasteiger partial charge in [-0.15, -0.1) is 0 Å². The van der Waals surface area contributed by atoms with Crippen molar-refractivity contribution in [3.8, 4) is 5.75 Å². The predicted molar refractivity (Wildman–Crippen MR) is 101 cm³/mol. The lowest BCUT2D eigenvalue weighted by Crippen LogP contribution is -2.29. The van der Waals surface area contributed by atoms with Crippen LogP contribution in [0.15, 0.2) is 48.5 Å². The first-order valence-corrected chi connectivity index (χ1v) is 10.1. The van der Waals surface area contributed by atoms with Crippen LogP contribution in [0.4, 0.5) is 5.69 Å². The van der Waals surface area contributed by atoms with Crippen LogP contribution in [0.1, 0.15) is 22.3 Å². The van der Waals surface area contributed by atoms with E-state index in [1.807, 2.05) is 31.2 Å². The van der Waals surface area contributed by atoms with Gasteiger partial charge in [0.05, 0.1) is 18.0 Å². The number of amides is 1. The number of ether oxygens (including phenoxy) is 1. The first kappa shape index (κ1) is 18.3. The van der Waals surface area contributed by atoms with Crippen molar-refractivity contribution in [2.24, 2.45) is 0 Å². The van der Waals surface area contributed by atoms with E-state index < -0.39 is 10.0 Å². The minimum Gasteiger partial charge on any atom is -0.492 e. The number of nitrogens with zero attached hydrogens (tertiary/aromatic N) is 1. The molecule has 0 aromatic heterocycles. The summed E-state index contributed by atoms with van der Waals surface area (Å²) in [5.41, 5.74) is 2.12. The molecule has 2 aromatic rings. The zero-order chi connectivity index (χ0) is 18.6. The molecule has 6 nitrogen and oxygen atoms in total. The van der Waals surface area contributed by atoms with Crippen LogP contribution < -0.4 is 14.4 Å². The summed E-state index contributed by atoms with van der Waals surface area (Å²) in [5, 5.41) is 2.79. The van der Waals surface area contributed by atoms with E-state index in [2.05, 4.69) is 5.32 Å². The summed E-state index contributed by atoms with van der Waals surface area (Å²) >= 11 is 0. The molecule has 0 aliphatic carbocycles. The monoisotopic (exact) mass is 374 g/mol. The highest BCUT2D eigenvalue weighted by Gasteiger charge is 2.28. The SMILES string of the molecule is Cc1ccc(OCCNC(=O)c2cccc(N3CCCS3(=O)=O)c2)cc1. The molecule has 1 amide bonds. The highest BCUT2D eigenvalue weighted by atomic mass is 32.2. The van der Waals surface area contributed by atoms with Crippen molar-refractivity contribution in [3.05, 3.63) is 59.7 Å². The van der Waals surface area contributed by atoms with Gasteiger partial charge in [-0.2, -0.15) is 0 Å². The van der Waals surface area contributed by atoms with Crippen molar-refractivity contribution in [2.75, 3.05) is 29.8 Å². The predicted octanol–water partition coefficient (Wildman–Crippen LogP) is 2.34. The number of benzene rings is 2. The summed E-state index contributed by atoms with van der Waals surface area (Å²) in [7, 11) is -3.26. The lowest BCUT2D eigenvalue weighted by atomic mass is 10.2. The Balaban J connectivity index is 1.55. The number of carbonyl (C=O) groups excluding carboxylic acids is 1. The molecule has 0 unspecified atom stereocenters. The molecule has 7 heteroatoms. The Morgan fingerprint density at radius 1 is 1.19 bits per heavy atom. The maximum absolute atomic E-state index is 12.3. The first-order chi connectivity index (χ1) is 12.5. The fourth-order valence-corrected chi connectivity index (χ4v) is 4.36. The Hall–Kier alpha value is -2.54. The van der Waals surface area contributed by atoms with Gasteiger partial charge in [-0.05, 0) is 43.7 Å². The van der Waals surface area contributed by atoms with Crippen LogP contribution in [0.5, 0.6) is 5.75 Å². The molecule has 1 aliphatic heterocycles. The summed E-state index contributed by atoms with van der Waals surface area (Å²) in [6.45, 7) is 3.18. The maximum Gasteiger partial charge on any atom is 0.251 e. The van der Waals surface area contributed by atoms with Gasteiger partial charge in [-0.3, -0.25) is 9.10 Å². The third-order valence-corrected chi connectivity index (χ3v) is 6.04. The molecule has 26 heavy (non-hydrogen) atoms. The van der Waals surface area contributed by atoms with Crippen LogP contribution in [-0.4, -0.2) is 39.8 Å². The fourth-order valence-electron chi connectivity index (χ4n) is 2.80. The Kier molecular flexibility index (Phi) is 5.46. The van der Waals surface area contributed by atoms with Crippen molar-refractivity contribution < 1.29 is 17.9 Å². The van der Waals surface area contributed by atoms with Crippen LogP contribution in [0.3, 0.4) is 0 Å². The van der Waals surface area contributed by atoms with Gasteiger partial charge in [0.15, 0.2) is 0 Å². The standard InChI is InChI=1S/C19H22N2O4S/c1-15-6-8-18(9-7-15)25-12-10-20-19(22)16-4-2-5-17(14-16)21-11-3-13-26(21,23)24/h2,4-9,14H,3,10-13H2,1H3,(H,20,22). The molecule has 1 saturated heterocycles. The van der Waals surface area contributed by atoms with Crippen molar-refractivity contribution in [1.82, 2.24) is 5.32 Å². The highest BCUT2D eigenvalue weighted by molar-refractivity contribution is 7.93. The van der Waals surface area contributed by atoms with Crippen LogP contribution in [0.2, 0.25) is 0 Å². The molecule has 1 aliphatic rings. The summed E-state index contributed by atoms with van der Waals surface area (Å²) in [6, 6.07) is 14.4. The number of hydrogen-bond donors (Lipinski definition) is 1. The molecule has 3 rings (SSSR count). The molecule has 1 fully saturated rings. The molecule has 2 aromatic carbocycles. The molecule has 0 radical (unpaired) electrons. The number of hydrogen-bond acceptors (Lipinski definition) is 4. The molecule has 138 valence electrons.